The molecule has 1 heterocycles. The standard InChI is InChI=1S/C17H25N3O/c1-6-14(18)17-19-15-9-13(21-12(4)5)7-8-16(15)20(17)10-11(2)3/h7-9,12,14H,2,6,10,18H2,1,3-5H3. The zero-order valence-electron chi connectivity index (χ0n) is 13.4. The van der Waals surface area contributed by atoms with Gasteiger partial charge in [0.25, 0.3) is 0 Å². The number of hydrogen-bond donors (Lipinski definition) is 1. The SMILES string of the molecule is C=C(C)Cn1c(C(N)CC)nc2cc(OC(C)C)ccc21. The van der Waals surface area contributed by atoms with Gasteiger partial charge in [0.15, 0.2) is 0 Å². The Morgan fingerprint density at radius 1 is 1.43 bits per heavy atom. The summed E-state index contributed by atoms with van der Waals surface area (Å²) < 4.78 is 7.90. The minimum atomic E-state index is -0.0637. The maximum absolute atomic E-state index is 6.21. The highest BCUT2D eigenvalue weighted by Gasteiger charge is 2.16. The van der Waals surface area contributed by atoms with Gasteiger partial charge in [-0.2, -0.15) is 0 Å². The van der Waals surface area contributed by atoms with E-state index in [2.05, 4.69) is 24.1 Å². The second kappa shape index (κ2) is 6.31. The van der Waals surface area contributed by atoms with Gasteiger partial charge in [0.2, 0.25) is 0 Å². The van der Waals surface area contributed by atoms with Gasteiger partial charge in [-0.3, -0.25) is 0 Å². The summed E-state index contributed by atoms with van der Waals surface area (Å²) in [5, 5.41) is 0. The largest absolute Gasteiger partial charge is 0.491 e. The number of nitrogens with zero attached hydrogens (tertiary/aromatic N) is 2. The molecule has 0 spiro atoms. The van der Waals surface area contributed by atoms with Crippen LogP contribution < -0.4 is 10.5 Å². The average Bonchev–Trinajstić information content (AvgIpc) is 2.74. The normalized spacial score (nSPS) is 12.9. The van der Waals surface area contributed by atoms with Gasteiger partial charge in [-0.05, 0) is 39.3 Å². The Balaban J connectivity index is 2.52. The molecule has 4 heteroatoms. The number of allylic oxidation sites excluding steroid dienone is 1. The Bertz CT molecular complexity index is 643. The summed E-state index contributed by atoms with van der Waals surface area (Å²) in [7, 11) is 0. The smallest absolute Gasteiger partial charge is 0.127 e. The van der Waals surface area contributed by atoms with Crippen LogP contribution in [-0.2, 0) is 6.54 Å². The Kier molecular flexibility index (Phi) is 4.68. The molecule has 4 nitrogen and oxygen atoms in total. The van der Waals surface area contributed by atoms with Crippen LogP contribution in [0.25, 0.3) is 11.0 Å². The molecule has 2 aromatic rings. The Morgan fingerprint density at radius 2 is 2.14 bits per heavy atom. The fourth-order valence-electron chi connectivity index (χ4n) is 2.38. The van der Waals surface area contributed by atoms with E-state index in [-0.39, 0.29) is 12.1 Å². The molecule has 1 unspecified atom stereocenters. The summed E-state index contributed by atoms with van der Waals surface area (Å²) in [4.78, 5) is 4.72. The van der Waals surface area contributed by atoms with Gasteiger partial charge in [0, 0.05) is 12.6 Å². The van der Waals surface area contributed by atoms with Gasteiger partial charge < -0.3 is 15.0 Å². The number of nitrogens with two attached hydrogens (primary N) is 1. The number of fused-ring (bicyclic) bond motifs is 1. The van der Waals surface area contributed by atoms with Crippen molar-refractivity contribution in [3.8, 4) is 5.75 Å². The summed E-state index contributed by atoms with van der Waals surface area (Å²) in [5.74, 6) is 1.76. The summed E-state index contributed by atoms with van der Waals surface area (Å²) in [6.45, 7) is 12.9. The maximum Gasteiger partial charge on any atom is 0.127 e. The Labute approximate surface area is 126 Å². The third-order valence-electron chi connectivity index (χ3n) is 3.32. The number of aromatic nitrogens is 2. The monoisotopic (exact) mass is 287 g/mol. The van der Waals surface area contributed by atoms with E-state index in [4.69, 9.17) is 15.5 Å². The molecule has 1 aromatic heterocycles. The first-order chi connectivity index (χ1) is 9.92. The first-order valence-electron chi connectivity index (χ1n) is 7.49. The second-order valence-electron chi connectivity index (χ2n) is 5.85. The van der Waals surface area contributed by atoms with Crippen LogP contribution >= 0.6 is 0 Å². The second-order valence-corrected chi connectivity index (χ2v) is 5.85. The number of hydrogen-bond acceptors (Lipinski definition) is 3. The Morgan fingerprint density at radius 3 is 2.71 bits per heavy atom. The molecule has 21 heavy (non-hydrogen) atoms. The molecule has 0 radical (unpaired) electrons. The highest BCUT2D eigenvalue weighted by atomic mass is 16.5. The number of rotatable bonds is 6. The van der Waals surface area contributed by atoms with E-state index in [1.165, 1.54) is 0 Å². The van der Waals surface area contributed by atoms with Crippen molar-refractivity contribution in [1.29, 1.82) is 0 Å². The quantitative estimate of drug-likeness (QED) is 0.822. The lowest BCUT2D eigenvalue weighted by molar-refractivity contribution is 0.242. The molecule has 0 bridgehead atoms. The molecular weight excluding hydrogens is 262 g/mol. The Hall–Kier alpha value is -1.81. The van der Waals surface area contributed by atoms with Crippen molar-refractivity contribution < 1.29 is 4.74 Å². The zero-order chi connectivity index (χ0) is 15.6. The van der Waals surface area contributed by atoms with Gasteiger partial charge in [-0.25, -0.2) is 4.98 Å². The van der Waals surface area contributed by atoms with Gasteiger partial charge in [0.1, 0.15) is 11.6 Å². The summed E-state index contributed by atoms with van der Waals surface area (Å²) >= 11 is 0. The minimum absolute atomic E-state index is 0.0637. The van der Waals surface area contributed by atoms with Crippen LogP contribution in [0.1, 0.15) is 46.0 Å². The van der Waals surface area contributed by atoms with Crippen molar-refractivity contribution in [2.75, 3.05) is 0 Å². The van der Waals surface area contributed by atoms with Crippen LogP contribution in [0.2, 0.25) is 0 Å². The first-order valence-corrected chi connectivity index (χ1v) is 7.49. The lowest BCUT2D eigenvalue weighted by Crippen LogP contribution is -2.16. The van der Waals surface area contributed by atoms with E-state index in [0.717, 1.165) is 41.1 Å². The predicted molar refractivity (Wildman–Crippen MR) is 87.5 cm³/mol. The van der Waals surface area contributed by atoms with Crippen LogP contribution in [0.5, 0.6) is 5.75 Å². The van der Waals surface area contributed by atoms with E-state index in [0.29, 0.717) is 0 Å². The van der Waals surface area contributed by atoms with E-state index in [1.807, 2.05) is 32.9 Å². The van der Waals surface area contributed by atoms with Crippen molar-refractivity contribution >= 4 is 11.0 Å². The van der Waals surface area contributed by atoms with Crippen molar-refractivity contribution in [1.82, 2.24) is 9.55 Å². The summed E-state index contributed by atoms with van der Waals surface area (Å²) in [6.07, 6.45) is 1.01. The van der Waals surface area contributed by atoms with Gasteiger partial charge in [0.05, 0.1) is 23.2 Å². The molecule has 1 atom stereocenters. The molecule has 0 saturated carbocycles. The molecule has 0 fully saturated rings. The third-order valence-corrected chi connectivity index (χ3v) is 3.32. The molecule has 1 aromatic carbocycles. The van der Waals surface area contributed by atoms with Gasteiger partial charge in [-0.1, -0.05) is 19.1 Å². The predicted octanol–water partition coefficient (Wildman–Crippen LogP) is 3.81. The lowest BCUT2D eigenvalue weighted by atomic mass is 10.2. The maximum atomic E-state index is 6.21. The highest BCUT2D eigenvalue weighted by molar-refractivity contribution is 5.78. The molecule has 2 N–H and O–H groups in total. The molecular formula is C17H25N3O. The van der Waals surface area contributed by atoms with Crippen molar-refractivity contribution in [3.63, 3.8) is 0 Å². The molecule has 0 aliphatic heterocycles. The molecule has 2 rings (SSSR count). The third kappa shape index (κ3) is 3.45. The fourth-order valence-corrected chi connectivity index (χ4v) is 2.38. The number of ether oxygens (including phenoxy) is 1. The molecule has 0 amide bonds. The van der Waals surface area contributed by atoms with Crippen molar-refractivity contribution in [2.24, 2.45) is 5.73 Å². The van der Waals surface area contributed by atoms with Crippen LogP contribution in [0.4, 0.5) is 0 Å². The highest BCUT2D eigenvalue weighted by Crippen LogP contribution is 2.26. The first kappa shape index (κ1) is 15.6. The van der Waals surface area contributed by atoms with Crippen LogP contribution in [0.15, 0.2) is 30.4 Å². The van der Waals surface area contributed by atoms with Crippen LogP contribution in [0.3, 0.4) is 0 Å². The summed E-state index contributed by atoms with van der Waals surface area (Å²) in [5.41, 5.74) is 9.29. The van der Waals surface area contributed by atoms with E-state index >= 15 is 0 Å². The molecule has 114 valence electrons. The minimum Gasteiger partial charge on any atom is -0.491 e. The average molecular weight is 287 g/mol. The van der Waals surface area contributed by atoms with Gasteiger partial charge in [-0.15, -0.1) is 0 Å². The van der Waals surface area contributed by atoms with Crippen molar-refractivity contribution in [3.05, 3.63) is 36.2 Å². The lowest BCUT2D eigenvalue weighted by Gasteiger charge is -2.13. The van der Waals surface area contributed by atoms with Crippen molar-refractivity contribution in [2.45, 2.75) is 52.8 Å². The number of benzene rings is 1. The fraction of sp³-hybridized carbons (Fsp3) is 0.471. The topological polar surface area (TPSA) is 53.1 Å². The van der Waals surface area contributed by atoms with Crippen LogP contribution in [-0.4, -0.2) is 15.7 Å². The molecule has 0 aliphatic carbocycles. The van der Waals surface area contributed by atoms with E-state index in [9.17, 15) is 0 Å². The van der Waals surface area contributed by atoms with Crippen LogP contribution in [0, 0.1) is 0 Å². The summed E-state index contributed by atoms with van der Waals surface area (Å²) in [6, 6.07) is 5.96. The zero-order valence-corrected chi connectivity index (χ0v) is 13.4. The van der Waals surface area contributed by atoms with Gasteiger partial charge >= 0.3 is 0 Å². The van der Waals surface area contributed by atoms with E-state index < -0.39 is 0 Å². The van der Waals surface area contributed by atoms with E-state index in [1.54, 1.807) is 0 Å². The molecule has 0 aliphatic rings. The molecule has 0 saturated heterocycles. The number of imidazole rings is 1.